The summed E-state index contributed by atoms with van der Waals surface area (Å²) >= 11 is 0. The number of hydrogen-bond donors (Lipinski definition) is 1. The van der Waals surface area contributed by atoms with Gasteiger partial charge in [-0.15, -0.1) is 0 Å². The molecule has 1 fully saturated rings. The molecule has 1 heterocycles. The molecule has 1 aliphatic carbocycles. The molecule has 1 amide bonds. The van der Waals surface area contributed by atoms with Crippen molar-refractivity contribution in [2.75, 3.05) is 0 Å². The van der Waals surface area contributed by atoms with Gasteiger partial charge in [-0.05, 0) is 30.5 Å². The fourth-order valence-corrected chi connectivity index (χ4v) is 2.15. The molecule has 0 spiro atoms. The van der Waals surface area contributed by atoms with Crippen LogP contribution in [0.3, 0.4) is 0 Å². The normalized spacial score (nSPS) is 14.5. The van der Waals surface area contributed by atoms with E-state index in [-0.39, 0.29) is 5.69 Å². The molecule has 0 aliphatic heterocycles. The van der Waals surface area contributed by atoms with Gasteiger partial charge in [0.1, 0.15) is 0 Å². The largest absolute Gasteiger partial charge is 0.366 e. The van der Waals surface area contributed by atoms with Crippen LogP contribution in [0.5, 0.6) is 0 Å². The van der Waals surface area contributed by atoms with Crippen molar-refractivity contribution in [3.05, 3.63) is 58.3 Å². The highest BCUT2D eigenvalue weighted by atomic mass is 16.2. The quantitative estimate of drug-likeness (QED) is 0.892. The number of carbonyl (C=O) groups excluding carboxylic acids is 1. The van der Waals surface area contributed by atoms with E-state index >= 15 is 0 Å². The fraction of sp³-hybridized carbons (Fsp3) is 0.286. The van der Waals surface area contributed by atoms with Gasteiger partial charge in [0.25, 0.3) is 0 Å². The van der Waals surface area contributed by atoms with Crippen molar-refractivity contribution in [1.82, 2.24) is 9.13 Å². The second kappa shape index (κ2) is 4.42. The van der Waals surface area contributed by atoms with Crippen molar-refractivity contribution < 1.29 is 4.79 Å². The molecule has 5 heteroatoms. The number of imidazole rings is 1. The number of hydrogen-bond acceptors (Lipinski definition) is 2. The molecule has 2 N–H and O–H groups in total. The van der Waals surface area contributed by atoms with Crippen LogP contribution >= 0.6 is 0 Å². The van der Waals surface area contributed by atoms with Crippen molar-refractivity contribution in [3.63, 3.8) is 0 Å². The van der Waals surface area contributed by atoms with Gasteiger partial charge in [-0.1, -0.05) is 12.1 Å². The topological polar surface area (TPSA) is 70.0 Å². The van der Waals surface area contributed by atoms with Gasteiger partial charge in [0.2, 0.25) is 5.91 Å². The maximum Gasteiger partial charge on any atom is 0.328 e. The Morgan fingerprint density at radius 3 is 2.47 bits per heavy atom. The smallest absolute Gasteiger partial charge is 0.328 e. The molecule has 1 aliphatic rings. The van der Waals surface area contributed by atoms with E-state index in [1.165, 1.54) is 0 Å². The lowest BCUT2D eigenvalue weighted by atomic mass is 10.1. The molecule has 0 atom stereocenters. The second-order valence-corrected chi connectivity index (χ2v) is 4.91. The summed E-state index contributed by atoms with van der Waals surface area (Å²) in [6.07, 6.45) is 5.84. The van der Waals surface area contributed by atoms with Gasteiger partial charge in [-0.2, -0.15) is 0 Å². The average molecular weight is 257 g/mol. The van der Waals surface area contributed by atoms with Gasteiger partial charge in [-0.25, -0.2) is 4.79 Å². The van der Waals surface area contributed by atoms with Gasteiger partial charge in [0, 0.05) is 24.0 Å². The van der Waals surface area contributed by atoms with Crippen LogP contribution in [0.25, 0.3) is 0 Å². The summed E-state index contributed by atoms with van der Waals surface area (Å²) in [7, 11) is 0. The zero-order valence-electron chi connectivity index (χ0n) is 10.5. The summed E-state index contributed by atoms with van der Waals surface area (Å²) in [6, 6.07) is 7.40. The molecular formula is C14H15N3O2. The molecule has 19 heavy (non-hydrogen) atoms. The second-order valence-electron chi connectivity index (χ2n) is 4.91. The Labute approximate surface area is 110 Å². The molecule has 0 bridgehead atoms. The first kappa shape index (κ1) is 11.8. The Hall–Kier alpha value is -2.30. The Bertz CT molecular complexity index is 663. The fourth-order valence-electron chi connectivity index (χ4n) is 2.15. The van der Waals surface area contributed by atoms with Crippen LogP contribution in [-0.2, 0) is 6.54 Å². The Morgan fingerprint density at radius 2 is 1.89 bits per heavy atom. The number of nitrogens with zero attached hydrogens (tertiary/aromatic N) is 2. The third kappa shape index (κ3) is 2.31. The molecule has 0 radical (unpaired) electrons. The first-order valence-corrected chi connectivity index (χ1v) is 6.31. The number of aromatic nitrogens is 2. The zero-order valence-corrected chi connectivity index (χ0v) is 10.5. The molecule has 0 unspecified atom stereocenters. The first-order valence-electron chi connectivity index (χ1n) is 6.31. The standard InChI is InChI=1S/C14H15N3O2/c15-13(18)11-3-1-10(2-4-11)9-16-7-8-17(14(16)19)12-5-6-12/h1-4,7-8,12H,5-6,9H2,(H2,15,18). The Balaban J connectivity index is 1.81. The van der Waals surface area contributed by atoms with Crippen LogP contribution in [0.15, 0.2) is 41.5 Å². The predicted octanol–water partition coefficient (Wildman–Crippen LogP) is 1.13. The van der Waals surface area contributed by atoms with E-state index in [1.807, 2.05) is 24.5 Å². The number of rotatable bonds is 4. The van der Waals surface area contributed by atoms with Gasteiger partial charge < -0.3 is 5.73 Å². The van der Waals surface area contributed by atoms with Crippen LogP contribution in [0.1, 0.15) is 34.8 Å². The predicted molar refractivity (Wildman–Crippen MR) is 71.0 cm³/mol. The van der Waals surface area contributed by atoms with Crippen LogP contribution in [-0.4, -0.2) is 15.0 Å². The van der Waals surface area contributed by atoms with Crippen molar-refractivity contribution >= 4 is 5.91 Å². The van der Waals surface area contributed by atoms with Crippen LogP contribution in [0.4, 0.5) is 0 Å². The van der Waals surface area contributed by atoms with Gasteiger partial charge in [0.15, 0.2) is 0 Å². The molecule has 5 nitrogen and oxygen atoms in total. The third-order valence-corrected chi connectivity index (χ3v) is 3.41. The highest BCUT2D eigenvalue weighted by Gasteiger charge is 2.25. The lowest BCUT2D eigenvalue weighted by Crippen LogP contribution is -2.23. The molecule has 98 valence electrons. The average Bonchev–Trinajstić information content (AvgIpc) is 3.17. The highest BCUT2D eigenvalue weighted by Crippen LogP contribution is 2.33. The molecule has 2 aromatic rings. The third-order valence-electron chi connectivity index (χ3n) is 3.41. The number of amides is 1. The molecule has 0 saturated heterocycles. The van der Waals surface area contributed by atoms with Crippen LogP contribution in [0.2, 0.25) is 0 Å². The van der Waals surface area contributed by atoms with Crippen LogP contribution < -0.4 is 11.4 Å². The Morgan fingerprint density at radius 1 is 1.21 bits per heavy atom. The summed E-state index contributed by atoms with van der Waals surface area (Å²) < 4.78 is 3.47. The summed E-state index contributed by atoms with van der Waals surface area (Å²) in [5, 5.41) is 0. The van der Waals surface area contributed by atoms with E-state index < -0.39 is 5.91 Å². The van der Waals surface area contributed by atoms with E-state index in [4.69, 9.17) is 5.73 Å². The molecule has 1 aromatic heterocycles. The monoisotopic (exact) mass is 257 g/mol. The number of nitrogens with two attached hydrogens (primary N) is 1. The summed E-state index contributed by atoms with van der Waals surface area (Å²) in [4.78, 5) is 23.1. The minimum absolute atomic E-state index is 0.0291. The van der Waals surface area contributed by atoms with Gasteiger partial charge >= 0.3 is 5.69 Å². The maximum absolute atomic E-state index is 12.1. The Kier molecular flexibility index (Phi) is 2.74. The lowest BCUT2D eigenvalue weighted by molar-refractivity contribution is 0.100. The number of carbonyl (C=O) groups is 1. The van der Waals surface area contributed by atoms with Crippen molar-refractivity contribution in [2.24, 2.45) is 5.73 Å². The van der Waals surface area contributed by atoms with Gasteiger partial charge in [0.05, 0.1) is 6.54 Å². The maximum atomic E-state index is 12.1. The molecule has 1 aromatic carbocycles. The van der Waals surface area contributed by atoms with E-state index in [1.54, 1.807) is 21.3 Å². The van der Waals surface area contributed by atoms with Crippen molar-refractivity contribution in [2.45, 2.75) is 25.4 Å². The van der Waals surface area contributed by atoms with Crippen LogP contribution in [0, 0.1) is 0 Å². The highest BCUT2D eigenvalue weighted by molar-refractivity contribution is 5.92. The SMILES string of the molecule is NC(=O)c1ccc(Cn2ccn(C3CC3)c2=O)cc1. The minimum Gasteiger partial charge on any atom is -0.366 e. The summed E-state index contributed by atoms with van der Waals surface area (Å²) in [5.74, 6) is -0.441. The van der Waals surface area contributed by atoms with E-state index in [0.29, 0.717) is 18.2 Å². The number of benzene rings is 1. The van der Waals surface area contributed by atoms with E-state index in [9.17, 15) is 9.59 Å². The molecule has 1 saturated carbocycles. The lowest BCUT2D eigenvalue weighted by Gasteiger charge is -2.03. The summed E-state index contributed by atoms with van der Waals surface area (Å²) in [5.41, 5.74) is 6.67. The summed E-state index contributed by atoms with van der Waals surface area (Å²) in [6.45, 7) is 0.512. The molecule has 3 rings (SSSR count). The number of primary amides is 1. The van der Waals surface area contributed by atoms with Crippen molar-refractivity contribution in [3.8, 4) is 0 Å². The minimum atomic E-state index is -0.441. The van der Waals surface area contributed by atoms with E-state index in [0.717, 1.165) is 18.4 Å². The van der Waals surface area contributed by atoms with E-state index in [2.05, 4.69) is 0 Å². The molecular weight excluding hydrogens is 242 g/mol. The zero-order chi connectivity index (χ0) is 13.4. The van der Waals surface area contributed by atoms with Crippen molar-refractivity contribution in [1.29, 1.82) is 0 Å². The van der Waals surface area contributed by atoms with Gasteiger partial charge in [-0.3, -0.25) is 13.9 Å². The first-order chi connectivity index (χ1) is 9.15.